The van der Waals surface area contributed by atoms with Gasteiger partial charge in [-0.2, -0.15) is 13.2 Å². The van der Waals surface area contributed by atoms with Crippen LogP contribution in [0.3, 0.4) is 0 Å². The van der Waals surface area contributed by atoms with E-state index in [1.807, 2.05) is 0 Å². The van der Waals surface area contributed by atoms with Gasteiger partial charge in [0.05, 0.1) is 5.56 Å². The zero-order chi connectivity index (χ0) is 15.9. The van der Waals surface area contributed by atoms with Gasteiger partial charge in [-0.05, 0) is 29.3 Å². The highest BCUT2D eigenvalue weighted by atomic mass is 19.4. The Labute approximate surface area is 123 Å². The van der Waals surface area contributed by atoms with Crippen LogP contribution in [0, 0.1) is 5.82 Å². The number of hydrogen-bond donors (Lipinski definition) is 2. The number of rotatable bonds is 2. The van der Waals surface area contributed by atoms with Crippen molar-refractivity contribution in [2.24, 2.45) is 5.73 Å². The second kappa shape index (κ2) is 5.14. The van der Waals surface area contributed by atoms with Crippen molar-refractivity contribution in [1.29, 1.82) is 0 Å². The zero-order valence-electron chi connectivity index (χ0n) is 11.3. The monoisotopic (exact) mass is 308 g/mol. The van der Waals surface area contributed by atoms with Crippen LogP contribution in [0.4, 0.5) is 17.6 Å². The normalized spacial score (nSPS) is 12.0. The highest BCUT2D eigenvalue weighted by molar-refractivity contribution is 5.88. The number of nitrogens with two attached hydrogens (primary N) is 1. The summed E-state index contributed by atoms with van der Waals surface area (Å²) in [5.41, 5.74) is 5.68. The Morgan fingerprint density at radius 2 is 1.77 bits per heavy atom. The predicted molar refractivity (Wildman–Crippen MR) is 76.6 cm³/mol. The maximum absolute atomic E-state index is 14.3. The van der Waals surface area contributed by atoms with Gasteiger partial charge in [0, 0.05) is 29.2 Å². The van der Waals surface area contributed by atoms with Gasteiger partial charge in [0.2, 0.25) is 0 Å². The highest BCUT2D eigenvalue weighted by Crippen LogP contribution is 2.38. The van der Waals surface area contributed by atoms with Crippen LogP contribution in [0.25, 0.3) is 22.0 Å². The molecule has 0 aliphatic rings. The zero-order valence-corrected chi connectivity index (χ0v) is 11.3. The van der Waals surface area contributed by atoms with Crippen molar-refractivity contribution in [3.8, 4) is 11.1 Å². The number of alkyl halides is 3. The molecule has 3 aromatic rings. The Morgan fingerprint density at radius 3 is 2.45 bits per heavy atom. The number of benzene rings is 2. The molecule has 3 rings (SSSR count). The number of halogens is 4. The Bertz CT molecular complexity index is 834. The van der Waals surface area contributed by atoms with E-state index < -0.39 is 17.6 Å². The molecule has 0 spiro atoms. The van der Waals surface area contributed by atoms with Crippen molar-refractivity contribution < 1.29 is 17.6 Å². The fourth-order valence-electron chi connectivity index (χ4n) is 2.54. The average molecular weight is 308 g/mol. The van der Waals surface area contributed by atoms with Crippen molar-refractivity contribution in [1.82, 2.24) is 4.98 Å². The van der Waals surface area contributed by atoms with Gasteiger partial charge in [-0.25, -0.2) is 4.39 Å². The molecule has 0 atom stereocenters. The van der Waals surface area contributed by atoms with E-state index in [0.29, 0.717) is 16.5 Å². The molecule has 22 heavy (non-hydrogen) atoms. The van der Waals surface area contributed by atoms with E-state index in [2.05, 4.69) is 4.98 Å². The lowest BCUT2D eigenvalue weighted by atomic mass is 9.97. The number of hydrogen-bond acceptors (Lipinski definition) is 1. The van der Waals surface area contributed by atoms with Crippen LogP contribution in [0.15, 0.2) is 42.6 Å². The lowest BCUT2D eigenvalue weighted by Gasteiger charge is -2.13. The second-order valence-corrected chi connectivity index (χ2v) is 4.94. The summed E-state index contributed by atoms with van der Waals surface area (Å²) >= 11 is 0. The Morgan fingerprint density at radius 1 is 1.05 bits per heavy atom. The summed E-state index contributed by atoms with van der Waals surface area (Å²) in [6.07, 6.45) is -2.92. The van der Waals surface area contributed by atoms with Gasteiger partial charge in [0.15, 0.2) is 0 Å². The van der Waals surface area contributed by atoms with Crippen molar-refractivity contribution in [2.45, 2.75) is 12.7 Å². The molecule has 0 fully saturated rings. The van der Waals surface area contributed by atoms with Gasteiger partial charge in [-0.1, -0.05) is 18.2 Å². The van der Waals surface area contributed by atoms with E-state index in [9.17, 15) is 17.6 Å². The molecule has 0 saturated heterocycles. The molecular formula is C16H12F4N2. The summed E-state index contributed by atoms with van der Waals surface area (Å²) in [5, 5.41) is 0.577. The van der Waals surface area contributed by atoms with E-state index in [1.165, 1.54) is 30.3 Å². The molecule has 3 N–H and O–H groups in total. The van der Waals surface area contributed by atoms with Crippen molar-refractivity contribution >= 4 is 10.9 Å². The molecule has 1 aromatic heterocycles. The van der Waals surface area contributed by atoms with Crippen LogP contribution in [0.2, 0.25) is 0 Å². The Balaban J connectivity index is 2.25. The average Bonchev–Trinajstić information content (AvgIpc) is 2.87. The van der Waals surface area contributed by atoms with Crippen molar-refractivity contribution in [2.75, 3.05) is 0 Å². The van der Waals surface area contributed by atoms with Gasteiger partial charge in [0.25, 0.3) is 0 Å². The summed E-state index contributed by atoms with van der Waals surface area (Å²) in [6, 6.07) is 7.54. The predicted octanol–water partition coefficient (Wildman–Crippen LogP) is 4.45. The smallest absolute Gasteiger partial charge is 0.361 e. The van der Waals surface area contributed by atoms with Crippen molar-refractivity contribution in [3.05, 3.63) is 59.5 Å². The first-order valence-electron chi connectivity index (χ1n) is 6.58. The third-order valence-electron chi connectivity index (χ3n) is 3.60. The third-order valence-corrected chi connectivity index (χ3v) is 3.60. The van der Waals surface area contributed by atoms with Crippen LogP contribution >= 0.6 is 0 Å². The maximum atomic E-state index is 14.3. The maximum Gasteiger partial charge on any atom is 0.417 e. The van der Waals surface area contributed by atoms with E-state index in [0.717, 1.165) is 6.07 Å². The van der Waals surface area contributed by atoms with Crippen LogP contribution in [0.1, 0.15) is 11.1 Å². The minimum atomic E-state index is -4.55. The minimum absolute atomic E-state index is 0.0918. The van der Waals surface area contributed by atoms with Gasteiger partial charge >= 0.3 is 6.18 Å². The third kappa shape index (κ3) is 2.35. The minimum Gasteiger partial charge on any atom is -0.361 e. The number of aromatic nitrogens is 1. The first kappa shape index (κ1) is 14.6. The first-order chi connectivity index (χ1) is 10.4. The standard InChI is InChI=1S/C16H12F4N2/c17-14-5-11-9(7-21)8-22-15(11)6-12(14)10-3-1-2-4-13(10)16(18,19)20/h1-6,8,22H,7,21H2. The summed E-state index contributed by atoms with van der Waals surface area (Å²) in [6.45, 7) is 0.220. The summed E-state index contributed by atoms with van der Waals surface area (Å²) in [7, 11) is 0. The van der Waals surface area contributed by atoms with Gasteiger partial charge in [-0.3, -0.25) is 0 Å². The van der Waals surface area contributed by atoms with E-state index in [4.69, 9.17) is 5.73 Å². The number of fused-ring (bicyclic) bond motifs is 1. The van der Waals surface area contributed by atoms with Crippen LogP contribution in [0.5, 0.6) is 0 Å². The van der Waals surface area contributed by atoms with E-state index in [1.54, 1.807) is 6.20 Å². The molecular weight excluding hydrogens is 296 g/mol. The van der Waals surface area contributed by atoms with Gasteiger partial charge in [-0.15, -0.1) is 0 Å². The summed E-state index contributed by atoms with van der Waals surface area (Å²) in [4.78, 5) is 2.91. The number of nitrogens with one attached hydrogen (secondary N) is 1. The quantitative estimate of drug-likeness (QED) is 0.675. The molecule has 0 aliphatic carbocycles. The summed E-state index contributed by atoms with van der Waals surface area (Å²) < 4.78 is 53.6. The molecule has 6 heteroatoms. The molecule has 1 heterocycles. The highest BCUT2D eigenvalue weighted by Gasteiger charge is 2.34. The van der Waals surface area contributed by atoms with Gasteiger partial charge in [0.1, 0.15) is 5.82 Å². The van der Waals surface area contributed by atoms with Crippen molar-refractivity contribution in [3.63, 3.8) is 0 Å². The van der Waals surface area contributed by atoms with Gasteiger partial charge < -0.3 is 10.7 Å². The lowest BCUT2D eigenvalue weighted by Crippen LogP contribution is -2.07. The van der Waals surface area contributed by atoms with E-state index in [-0.39, 0.29) is 17.7 Å². The molecule has 0 unspecified atom stereocenters. The second-order valence-electron chi connectivity index (χ2n) is 4.94. The largest absolute Gasteiger partial charge is 0.417 e. The Kier molecular flexibility index (Phi) is 3.41. The molecule has 2 nitrogen and oxygen atoms in total. The molecule has 0 aliphatic heterocycles. The lowest BCUT2D eigenvalue weighted by molar-refractivity contribution is -0.137. The Hall–Kier alpha value is -2.34. The first-order valence-corrected chi connectivity index (χ1v) is 6.58. The SMILES string of the molecule is NCc1c[nH]c2cc(-c3ccccc3C(F)(F)F)c(F)cc12. The topological polar surface area (TPSA) is 41.8 Å². The molecule has 0 amide bonds. The molecule has 0 bridgehead atoms. The fourth-order valence-corrected chi connectivity index (χ4v) is 2.54. The molecule has 0 radical (unpaired) electrons. The molecule has 0 saturated carbocycles. The van der Waals surface area contributed by atoms with Crippen LogP contribution in [-0.4, -0.2) is 4.98 Å². The fraction of sp³-hybridized carbons (Fsp3) is 0.125. The number of aromatic amines is 1. The molecule has 114 valence electrons. The molecule has 2 aromatic carbocycles. The van der Waals surface area contributed by atoms with E-state index >= 15 is 0 Å². The van der Waals surface area contributed by atoms with Crippen LogP contribution < -0.4 is 5.73 Å². The van der Waals surface area contributed by atoms with Crippen LogP contribution in [-0.2, 0) is 12.7 Å². The summed E-state index contributed by atoms with van der Waals surface area (Å²) in [5.74, 6) is -0.710. The number of H-pyrrole nitrogens is 1.